The van der Waals surface area contributed by atoms with E-state index < -0.39 is 0 Å². The van der Waals surface area contributed by atoms with E-state index in [1.54, 1.807) is 0 Å². The van der Waals surface area contributed by atoms with E-state index in [9.17, 15) is 5.11 Å². The molecule has 23 heavy (non-hydrogen) atoms. The van der Waals surface area contributed by atoms with Crippen LogP contribution in [0.15, 0.2) is 41.5 Å². The Balaban J connectivity index is 0.00000192. The van der Waals surface area contributed by atoms with Crippen molar-refractivity contribution in [2.75, 3.05) is 19.6 Å². The monoisotopic (exact) mass is 426 g/mol. The second kappa shape index (κ2) is 8.44. The van der Waals surface area contributed by atoms with E-state index in [-0.39, 0.29) is 30.1 Å². The molecular weight excluding hydrogens is 403 g/mol. The van der Waals surface area contributed by atoms with Crippen LogP contribution in [-0.2, 0) is 6.54 Å². The number of hydrogen-bond donors (Lipinski definition) is 2. The fourth-order valence-corrected chi connectivity index (χ4v) is 2.82. The van der Waals surface area contributed by atoms with E-state index in [1.807, 2.05) is 18.3 Å². The number of pyridine rings is 1. The molecule has 0 aliphatic carbocycles. The fraction of sp³-hybridized carbons (Fsp3) is 0.412. The Kier molecular flexibility index (Phi) is 6.59. The van der Waals surface area contributed by atoms with Crippen LogP contribution in [0.2, 0.25) is 0 Å². The zero-order valence-corrected chi connectivity index (χ0v) is 15.6. The minimum absolute atomic E-state index is 0. The molecule has 1 fully saturated rings. The number of fused-ring (bicyclic) bond motifs is 1. The molecule has 1 aromatic carbocycles. The molecule has 3 rings (SSSR count). The van der Waals surface area contributed by atoms with Gasteiger partial charge >= 0.3 is 0 Å². The number of aliphatic hydroxyl groups is 1. The van der Waals surface area contributed by atoms with Gasteiger partial charge in [0, 0.05) is 31.2 Å². The summed E-state index contributed by atoms with van der Waals surface area (Å²) in [6.45, 7) is 4.96. The van der Waals surface area contributed by atoms with Gasteiger partial charge in [0.2, 0.25) is 0 Å². The third kappa shape index (κ3) is 4.32. The van der Waals surface area contributed by atoms with Crippen molar-refractivity contribution in [1.82, 2.24) is 15.2 Å². The van der Waals surface area contributed by atoms with Gasteiger partial charge in [0.25, 0.3) is 0 Å². The maximum atomic E-state index is 9.71. The number of aliphatic imine (C=N–C) groups is 1. The van der Waals surface area contributed by atoms with Crippen molar-refractivity contribution in [2.45, 2.75) is 26.0 Å². The lowest BCUT2D eigenvalue weighted by Crippen LogP contribution is -2.40. The van der Waals surface area contributed by atoms with Crippen molar-refractivity contribution in [1.29, 1.82) is 0 Å². The molecule has 5 nitrogen and oxygen atoms in total. The van der Waals surface area contributed by atoms with Gasteiger partial charge in [0.15, 0.2) is 5.96 Å². The third-order valence-electron chi connectivity index (χ3n) is 3.91. The molecule has 2 aromatic rings. The summed E-state index contributed by atoms with van der Waals surface area (Å²) in [5.41, 5.74) is 2.12. The Morgan fingerprint density at radius 1 is 1.39 bits per heavy atom. The molecule has 6 heteroatoms. The standard InChI is InChI=1S/C17H22N4O.HI/c1-2-18-17(21-10-8-15(22)12-21)20-11-14-6-3-5-13-7-4-9-19-16(13)14;/h3-7,9,15,22H,2,8,10-12H2,1H3,(H,18,20);1H/t15-;/m1./s1. The Bertz CT molecular complexity index is 671. The molecule has 124 valence electrons. The van der Waals surface area contributed by atoms with Gasteiger partial charge in [0.05, 0.1) is 18.2 Å². The molecule has 0 bridgehead atoms. The van der Waals surface area contributed by atoms with E-state index in [0.717, 1.165) is 41.9 Å². The predicted molar refractivity (Wildman–Crippen MR) is 104 cm³/mol. The SMILES string of the molecule is CCNC(=NCc1cccc2cccnc12)N1CC[C@@H](O)C1.I. The number of rotatable bonds is 3. The van der Waals surface area contributed by atoms with Gasteiger partial charge in [-0.25, -0.2) is 4.99 Å². The second-order valence-electron chi connectivity index (χ2n) is 5.55. The van der Waals surface area contributed by atoms with Crippen molar-refractivity contribution < 1.29 is 5.11 Å². The van der Waals surface area contributed by atoms with E-state index in [0.29, 0.717) is 13.1 Å². The van der Waals surface area contributed by atoms with Crippen LogP contribution in [0.25, 0.3) is 10.9 Å². The average Bonchev–Trinajstić information content (AvgIpc) is 2.98. The summed E-state index contributed by atoms with van der Waals surface area (Å²) in [6.07, 6.45) is 2.38. The molecular formula is C17H23IN4O. The van der Waals surface area contributed by atoms with Crippen molar-refractivity contribution in [3.63, 3.8) is 0 Å². The van der Waals surface area contributed by atoms with Crippen molar-refractivity contribution in [3.05, 3.63) is 42.1 Å². The van der Waals surface area contributed by atoms with Crippen molar-refractivity contribution in [2.24, 2.45) is 4.99 Å². The number of nitrogens with one attached hydrogen (secondary N) is 1. The molecule has 0 spiro atoms. The molecule has 2 heterocycles. The molecule has 1 aliphatic heterocycles. The molecule has 0 radical (unpaired) electrons. The predicted octanol–water partition coefficient (Wildman–Crippen LogP) is 2.38. The number of guanidine groups is 1. The second-order valence-corrected chi connectivity index (χ2v) is 5.55. The molecule has 0 unspecified atom stereocenters. The number of benzene rings is 1. The number of hydrogen-bond acceptors (Lipinski definition) is 3. The minimum Gasteiger partial charge on any atom is -0.391 e. The lowest BCUT2D eigenvalue weighted by molar-refractivity contribution is 0.188. The summed E-state index contributed by atoms with van der Waals surface area (Å²) in [5, 5.41) is 14.2. The topological polar surface area (TPSA) is 60.8 Å². The summed E-state index contributed by atoms with van der Waals surface area (Å²) < 4.78 is 0. The number of para-hydroxylation sites is 1. The van der Waals surface area contributed by atoms with Gasteiger partial charge in [-0.3, -0.25) is 4.98 Å². The van der Waals surface area contributed by atoms with Crippen LogP contribution < -0.4 is 5.32 Å². The molecule has 2 N–H and O–H groups in total. The maximum absolute atomic E-state index is 9.71. The van der Waals surface area contributed by atoms with Crippen LogP contribution >= 0.6 is 24.0 Å². The van der Waals surface area contributed by atoms with Gasteiger partial charge in [-0.2, -0.15) is 0 Å². The van der Waals surface area contributed by atoms with E-state index in [2.05, 4.69) is 40.3 Å². The first-order valence-corrected chi connectivity index (χ1v) is 7.82. The van der Waals surface area contributed by atoms with Gasteiger partial charge in [-0.1, -0.05) is 24.3 Å². The highest BCUT2D eigenvalue weighted by molar-refractivity contribution is 14.0. The van der Waals surface area contributed by atoms with Gasteiger partial charge in [-0.15, -0.1) is 24.0 Å². The lowest BCUT2D eigenvalue weighted by atomic mass is 10.1. The highest BCUT2D eigenvalue weighted by Crippen LogP contribution is 2.17. The number of halogens is 1. The van der Waals surface area contributed by atoms with Crippen LogP contribution in [0.1, 0.15) is 18.9 Å². The first-order valence-electron chi connectivity index (χ1n) is 7.82. The average molecular weight is 426 g/mol. The normalized spacial score (nSPS) is 18.1. The molecule has 0 amide bonds. The lowest BCUT2D eigenvalue weighted by Gasteiger charge is -2.21. The fourth-order valence-electron chi connectivity index (χ4n) is 2.82. The van der Waals surface area contributed by atoms with E-state index >= 15 is 0 Å². The Labute approximate surface area is 153 Å². The van der Waals surface area contributed by atoms with Crippen LogP contribution in [0.3, 0.4) is 0 Å². The number of nitrogens with zero attached hydrogens (tertiary/aromatic N) is 3. The Morgan fingerprint density at radius 3 is 2.96 bits per heavy atom. The molecule has 0 saturated carbocycles. The van der Waals surface area contributed by atoms with Crippen LogP contribution in [-0.4, -0.2) is 46.7 Å². The number of aromatic nitrogens is 1. The smallest absolute Gasteiger partial charge is 0.194 e. The highest BCUT2D eigenvalue weighted by Gasteiger charge is 2.22. The summed E-state index contributed by atoms with van der Waals surface area (Å²) in [5.74, 6) is 0.868. The molecule has 1 saturated heterocycles. The van der Waals surface area contributed by atoms with E-state index in [1.165, 1.54) is 0 Å². The summed E-state index contributed by atoms with van der Waals surface area (Å²) in [7, 11) is 0. The summed E-state index contributed by atoms with van der Waals surface area (Å²) in [6, 6.07) is 10.2. The van der Waals surface area contributed by atoms with Gasteiger partial charge in [-0.05, 0) is 25.0 Å². The van der Waals surface area contributed by atoms with E-state index in [4.69, 9.17) is 4.99 Å². The first kappa shape index (κ1) is 17.9. The van der Waals surface area contributed by atoms with Gasteiger partial charge in [0.1, 0.15) is 0 Å². The number of β-amino-alcohol motifs (C(OH)–C–C–N with tert-alkyl or cyclic N) is 1. The summed E-state index contributed by atoms with van der Waals surface area (Å²) in [4.78, 5) is 11.3. The van der Waals surface area contributed by atoms with Crippen LogP contribution in [0.5, 0.6) is 0 Å². The maximum Gasteiger partial charge on any atom is 0.194 e. The highest BCUT2D eigenvalue weighted by atomic mass is 127. The molecule has 1 atom stereocenters. The zero-order chi connectivity index (χ0) is 15.4. The molecule has 1 aliphatic rings. The first-order chi connectivity index (χ1) is 10.8. The van der Waals surface area contributed by atoms with Crippen molar-refractivity contribution in [3.8, 4) is 0 Å². The van der Waals surface area contributed by atoms with Crippen molar-refractivity contribution >= 4 is 40.8 Å². The largest absolute Gasteiger partial charge is 0.391 e. The number of aliphatic hydroxyl groups excluding tert-OH is 1. The third-order valence-corrected chi connectivity index (χ3v) is 3.91. The summed E-state index contributed by atoms with van der Waals surface area (Å²) >= 11 is 0. The Hall–Kier alpha value is -1.41. The Morgan fingerprint density at radius 2 is 2.22 bits per heavy atom. The zero-order valence-electron chi connectivity index (χ0n) is 13.3. The quantitative estimate of drug-likeness (QED) is 0.450. The number of likely N-dealkylation sites (tertiary alicyclic amines) is 1. The van der Waals surface area contributed by atoms with Crippen LogP contribution in [0.4, 0.5) is 0 Å². The minimum atomic E-state index is -0.247. The molecule has 1 aromatic heterocycles. The van der Waals surface area contributed by atoms with Gasteiger partial charge < -0.3 is 15.3 Å². The van der Waals surface area contributed by atoms with Crippen LogP contribution in [0, 0.1) is 0 Å².